The van der Waals surface area contributed by atoms with E-state index in [1.807, 2.05) is 19.2 Å². The summed E-state index contributed by atoms with van der Waals surface area (Å²) >= 11 is 0. The van der Waals surface area contributed by atoms with Crippen LogP contribution in [0.2, 0.25) is 0 Å². The predicted octanol–water partition coefficient (Wildman–Crippen LogP) is 1.29. The van der Waals surface area contributed by atoms with Crippen molar-refractivity contribution in [1.82, 2.24) is 4.98 Å². The van der Waals surface area contributed by atoms with Crippen LogP contribution in [0.3, 0.4) is 0 Å². The lowest BCUT2D eigenvalue weighted by atomic mass is 10.3. The van der Waals surface area contributed by atoms with E-state index in [0.29, 0.717) is 12.5 Å². The third kappa shape index (κ3) is 2.14. The zero-order valence-electron chi connectivity index (χ0n) is 8.19. The number of hydrogen-bond donors (Lipinski definition) is 1. The van der Waals surface area contributed by atoms with Gasteiger partial charge in [0.25, 0.3) is 0 Å². The van der Waals surface area contributed by atoms with Crippen LogP contribution in [0.4, 0.5) is 5.69 Å². The van der Waals surface area contributed by atoms with Gasteiger partial charge >= 0.3 is 0 Å². The smallest absolute Gasteiger partial charge is 0.213 e. The molecule has 1 aliphatic heterocycles. The Morgan fingerprint density at radius 2 is 2.50 bits per heavy atom. The van der Waals surface area contributed by atoms with Crippen LogP contribution in [0.15, 0.2) is 18.3 Å². The molecule has 0 radical (unpaired) electrons. The van der Waals surface area contributed by atoms with Crippen LogP contribution < -0.4 is 10.1 Å². The molecule has 1 unspecified atom stereocenters. The molecular weight excluding hydrogens is 180 g/mol. The van der Waals surface area contributed by atoms with E-state index in [-0.39, 0.29) is 6.10 Å². The van der Waals surface area contributed by atoms with Crippen LogP contribution in [-0.4, -0.2) is 31.3 Å². The van der Waals surface area contributed by atoms with E-state index in [1.165, 1.54) is 0 Å². The van der Waals surface area contributed by atoms with E-state index in [2.05, 4.69) is 10.3 Å². The number of anilines is 1. The molecule has 1 aliphatic rings. The highest BCUT2D eigenvalue weighted by molar-refractivity contribution is 5.41. The molecule has 0 aromatic carbocycles. The molecule has 0 bridgehead atoms. The van der Waals surface area contributed by atoms with Crippen LogP contribution in [0.25, 0.3) is 0 Å². The van der Waals surface area contributed by atoms with Crippen molar-refractivity contribution < 1.29 is 9.47 Å². The van der Waals surface area contributed by atoms with Gasteiger partial charge in [-0.15, -0.1) is 0 Å². The highest BCUT2D eigenvalue weighted by Crippen LogP contribution is 2.15. The maximum Gasteiger partial charge on any atom is 0.213 e. The number of hydrogen-bond acceptors (Lipinski definition) is 4. The Hall–Kier alpha value is -1.29. The van der Waals surface area contributed by atoms with E-state index >= 15 is 0 Å². The van der Waals surface area contributed by atoms with Crippen molar-refractivity contribution in [2.75, 3.05) is 25.6 Å². The zero-order chi connectivity index (χ0) is 9.80. The van der Waals surface area contributed by atoms with Gasteiger partial charge < -0.3 is 14.8 Å². The third-order valence-corrected chi connectivity index (χ3v) is 2.20. The summed E-state index contributed by atoms with van der Waals surface area (Å²) in [6.45, 7) is 1.47. The lowest BCUT2D eigenvalue weighted by molar-refractivity contribution is 0.138. The van der Waals surface area contributed by atoms with E-state index in [0.717, 1.165) is 18.7 Å². The van der Waals surface area contributed by atoms with Crippen molar-refractivity contribution in [3.63, 3.8) is 0 Å². The van der Waals surface area contributed by atoms with E-state index in [1.54, 1.807) is 6.20 Å². The first kappa shape index (κ1) is 9.27. The molecule has 76 valence electrons. The van der Waals surface area contributed by atoms with Crippen LogP contribution in [0.5, 0.6) is 5.88 Å². The second-order valence-electron chi connectivity index (χ2n) is 3.24. The zero-order valence-corrected chi connectivity index (χ0v) is 8.19. The monoisotopic (exact) mass is 194 g/mol. The highest BCUT2D eigenvalue weighted by Gasteiger charge is 2.17. The summed E-state index contributed by atoms with van der Waals surface area (Å²) in [5.41, 5.74) is 0.986. The second kappa shape index (κ2) is 4.28. The van der Waals surface area contributed by atoms with Gasteiger partial charge in [0, 0.05) is 19.5 Å². The number of nitrogens with one attached hydrogen (secondary N) is 1. The summed E-state index contributed by atoms with van der Waals surface area (Å²) in [5, 5.41) is 3.01. The maximum absolute atomic E-state index is 5.61. The second-order valence-corrected chi connectivity index (χ2v) is 3.24. The third-order valence-electron chi connectivity index (χ3n) is 2.20. The lowest BCUT2D eigenvalue weighted by Crippen LogP contribution is -2.16. The number of pyridine rings is 1. The Morgan fingerprint density at radius 3 is 3.07 bits per heavy atom. The Balaban J connectivity index is 1.95. The molecule has 14 heavy (non-hydrogen) atoms. The van der Waals surface area contributed by atoms with Crippen molar-refractivity contribution in [2.24, 2.45) is 0 Å². The van der Waals surface area contributed by atoms with Gasteiger partial charge in [-0.2, -0.15) is 0 Å². The van der Waals surface area contributed by atoms with Gasteiger partial charge in [-0.25, -0.2) is 4.98 Å². The van der Waals surface area contributed by atoms with Gasteiger partial charge in [-0.1, -0.05) is 0 Å². The molecule has 1 aromatic heterocycles. The average Bonchev–Trinajstić information content (AvgIpc) is 2.72. The summed E-state index contributed by atoms with van der Waals surface area (Å²) in [6.07, 6.45) is 2.88. The van der Waals surface area contributed by atoms with Crippen molar-refractivity contribution in [3.8, 4) is 5.88 Å². The van der Waals surface area contributed by atoms with Gasteiger partial charge in [-0.05, 0) is 6.07 Å². The fourth-order valence-electron chi connectivity index (χ4n) is 1.37. The van der Waals surface area contributed by atoms with Crippen molar-refractivity contribution in [1.29, 1.82) is 0 Å². The quantitative estimate of drug-likeness (QED) is 0.787. The number of rotatable bonds is 3. The van der Waals surface area contributed by atoms with Crippen LogP contribution in [0, 0.1) is 0 Å². The van der Waals surface area contributed by atoms with E-state index in [4.69, 9.17) is 9.47 Å². The molecule has 2 heterocycles. The molecule has 4 heteroatoms. The first-order valence-corrected chi connectivity index (χ1v) is 4.76. The van der Waals surface area contributed by atoms with Gasteiger partial charge in [0.1, 0.15) is 6.10 Å². The molecule has 1 fully saturated rings. The van der Waals surface area contributed by atoms with Crippen molar-refractivity contribution >= 4 is 5.69 Å². The number of aromatic nitrogens is 1. The topological polar surface area (TPSA) is 43.4 Å². The molecule has 0 aliphatic carbocycles. The molecule has 1 aromatic rings. The fourth-order valence-corrected chi connectivity index (χ4v) is 1.37. The normalized spacial score (nSPS) is 20.8. The average molecular weight is 194 g/mol. The molecule has 2 rings (SSSR count). The largest absolute Gasteiger partial charge is 0.472 e. The van der Waals surface area contributed by atoms with Crippen LogP contribution in [0.1, 0.15) is 6.42 Å². The summed E-state index contributed by atoms with van der Waals surface area (Å²) < 4.78 is 10.8. The van der Waals surface area contributed by atoms with Crippen molar-refractivity contribution in [2.45, 2.75) is 12.5 Å². The Kier molecular flexibility index (Phi) is 2.84. The fraction of sp³-hybridized carbons (Fsp3) is 0.500. The van der Waals surface area contributed by atoms with Gasteiger partial charge in [0.05, 0.1) is 25.1 Å². The minimum Gasteiger partial charge on any atom is -0.472 e. The van der Waals surface area contributed by atoms with Gasteiger partial charge in [-0.3, -0.25) is 0 Å². The Labute approximate surface area is 83.2 Å². The molecule has 1 atom stereocenters. The first-order valence-electron chi connectivity index (χ1n) is 4.76. The summed E-state index contributed by atoms with van der Waals surface area (Å²) in [5.74, 6) is 0.666. The minimum absolute atomic E-state index is 0.169. The molecule has 0 spiro atoms. The number of ether oxygens (including phenoxy) is 2. The molecule has 1 saturated heterocycles. The summed E-state index contributed by atoms with van der Waals surface area (Å²) in [4.78, 5) is 4.17. The molecular formula is C10H14N2O2. The Morgan fingerprint density at radius 1 is 1.57 bits per heavy atom. The summed E-state index contributed by atoms with van der Waals surface area (Å²) in [6, 6.07) is 3.81. The maximum atomic E-state index is 5.61. The minimum atomic E-state index is 0.169. The SMILES string of the molecule is CNc1ccc(OC2CCOC2)nc1. The highest BCUT2D eigenvalue weighted by atomic mass is 16.5. The predicted molar refractivity (Wildman–Crippen MR) is 53.6 cm³/mol. The molecule has 4 nitrogen and oxygen atoms in total. The Bertz CT molecular complexity index is 281. The lowest BCUT2D eigenvalue weighted by Gasteiger charge is -2.10. The van der Waals surface area contributed by atoms with Gasteiger partial charge in [0.15, 0.2) is 0 Å². The molecule has 0 saturated carbocycles. The van der Waals surface area contributed by atoms with Gasteiger partial charge in [0.2, 0.25) is 5.88 Å². The molecule has 1 N–H and O–H groups in total. The summed E-state index contributed by atoms with van der Waals surface area (Å²) in [7, 11) is 1.86. The van der Waals surface area contributed by atoms with Crippen LogP contribution in [-0.2, 0) is 4.74 Å². The van der Waals surface area contributed by atoms with E-state index in [9.17, 15) is 0 Å². The number of nitrogens with zero attached hydrogens (tertiary/aromatic N) is 1. The standard InChI is InChI=1S/C10H14N2O2/c1-11-8-2-3-10(12-6-8)14-9-4-5-13-7-9/h2-3,6,9,11H,4-5,7H2,1H3. The first-order chi connectivity index (χ1) is 6.88. The molecule has 0 amide bonds. The van der Waals surface area contributed by atoms with Crippen molar-refractivity contribution in [3.05, 3.63) is 18.3 Å². The van der Waals surface area contributed by atoms with Crippen LogP contribution >= 0.6 is 0 Å². The van der Waals surface area contributed by atoms with E-state index < -0.39 is 0 Å².